The molecule has 1 unspecified atom stereocenters. The first-order valence-corrected chi connectivity index (χ1v) is 7.43. The summed E-state index contributed by atoms with van der Waals surface area (Å²) >= 11 is 1.72. The van der Waals surface area contributed by atoms with Gasteiger partial charge in [0.1, 0.15) is 0 Å². The van der Waals surface area contributed by atoms with Gasteiger partial charge in [0.25, 0.3) is 0 Å². The summed E-state index contributed by atoms with van der Waals surface area (Å²) in [6, 6.07) is 4.15. The van der Waals surface area contributed by atoms with E-state index in [0.29, 0.717) is 0 Å². The second-order valence-corrected chi connectivity index (χ2v) is 6.14. The molecule has 1 heterocycles. The first-order chi connectivity index (χ1) is 8.87. The second-order valence-electron chi connectivity index (χ2n) is 5.02. The average molecular weight is 281 g/mol. The van der Waals surface area contributed by atoms with Crippen molar-refractivity contribution >= 4 is 17.7 Å². The van der Waals surface area contributed by atoms with E-state index in [2.05, 4.69) is 29.4 Å². The van der Waals surface area contributed by atoms with Crippen molar-refractivity contribution in [3.8, 4) is 0 Å². The quantitative estimate of drug-likeness (QED) is 0.593. The van der Waals surface area contributed by atoms with Crippen molar-refractivity contribution in [2.75, 3.05) is 12.8 Å². The molecule has 0 aromatic carbocycles. The maximum Gasteiger partial charge on any atom is 0.237 e. The maximum atomic E-state index is 11.3. The molecule has 0 aliphatic heterocycles. The Balaban J connectivity index is 2.44. The number of hydrogen-bond acceptors (Lipinski definition) is 4. The van der Waals surface area contributed by atoms with Crippen molar-refractivity contribution in [2.24, 2.45) is 5.73 Å². The molecule has 0 saturated heterocycles. The van der Waals surface area contributed by atoms with Gasteiger partial charge in [-0.05, 0) is 64.1 Å². The third kappa shape index (κ3) is 4.84. The van der Waals surface area contributed by atoms with E-state index in [9.17, 15) is 4.79 Å². The van der Waals surface area contributed by atoms with Crippen LogP contribution in [0.3, 0.4) is 0 Å². The molecule has 19 heavy (non-hydrogen) atoms. The molecule has 5 heteroatoms. The summed E-state index contributed by atoms with van der Waals surface area (Å²) in [5, 5.41) is 4.04. The summed E-state index contributed by atoms with van der Waals surface area (Å²) in [7, 11) is 1.77. The Morgan fingerprint density at radius 1 is 1.47 bits per heavy atom. The molecule has 0 aliphatic carbocycles. The highest BCUT2D eigenvalue weighted by Crippen LogP contribution is 2.21. The minimum absolute atomic E-state index is 0.301. The summed E-state index contributed by atoms with van der Waals surface area (Å²) in [6.07, 6.45) is 1.65. The van der Waals surface area contributed by atoms with Crippen LogP contribution in [-0.4, -0.2) is 29.2 Å². The number of aromatic nitrogens is 1. The number of thioether (sulfide) groups is 1. The molecule has 0 spiro atoms. The highest BCUT2D eigenvalue weighted by molar-refractivity contribution is 7.99. The Hall–Kier alpha value is -1.07. The lowest BCUT2D eigenvalue weighted by atomic mass is 9.96. The van der Waals surface area contributed by atoms with E-state index < -0.39 is 5.54 Å². The molecular weight excluding hydrogens is 258 g/mol. The third-order valence-corrected chi connectivity index (χ3v) is 4.24. The van der Waals surface area contributed by atoms with Crippen molar-refractivity contribution in [1.82, 2.24) is 10.3 Å². The Bertz CT molecular complexity index is 430. The van der Waals surface area contributed by atoms with Gasteiger partial charge in [-0.2, -0.15) is 0 Å². The number of amides is 1. The van der Waals surface area contributed by atoms with Gasteiger partial charge in [0.05, 0.1) is 10.6 Å². The van der Waals surface area contributed by atoms with Crippen LogP contribution < -0.4 is 11.1 Å². The van der Waals surface area contributed by atoms with E-state index in [1.807, 2.05) is 13.8 Å². The van der Waals surface area contributed by atoms with Gasteiger partial charge in [0.2, 0.25) is 5.91 Å². The molecule has 0 radical (unpaired) electrons. The molecule has 0 bridgehead atoms. The van der Waals surface area contributed by atoms with Gasteiger partial charge in [-0.3, -0.25) is 4.79 Å². The minimum atomic E-state index is -0.615. The molecule has 106 valence electrons. The van der Waals surface area contributed by atoms with Crippen LogP contribution in [0, 0.1) is 13.8 Å². The van der Waals surface area contributed by atoms with Gasteiger partial charge in [0.15, 0.2) is 0 Å². The fourth-order valence-corrected chi connectivity index (χ4v) is 2.83. The fourth-order valence-electron chi connectivity index (χ4n) is 1.85. The van der Waals surface area contributed by atoms with Crippen molar-refractivity contribution in [2.45, 2.75) is 44.2 Å². The fraction of sp³-hybridized carbons (Fsp3) is 0.571. The molecule has 0 aliphatic rings. The highest BCUT2D eigenvalue weighted by atomic mass is 32.2. The van der Waals surface area contributed by atoms with Crippen molar-refractivity contribution in [1.29, 1.82) is 0 Å². The lowest BCUT2D eigenvalue weighted by molar-refractivity contribution is -0.123. The normalized spacial score (nSPS) is 14.1. The molecule has 0 fully saturated rings. The molecule has 0 saturated carbocycles. The summed E-state index contributed by atoms with van der Waals surface area (Å²) < 4.78 is 0. The van der Waals surface area contributed by atoms with E-state index in [4.69, 9.17) is 5.73 Å². The number of nitrogens with two attached hydrogens (primary N) is 1. The maximum absolute atomic E-state index is 11.3. The number of nitrogens with one attached hydrogen (secondary N) is 1. The van der Waals surface area contributed by atoms with Crippen LogP contribution in [0.2, 0.25) is 0 Å². The smallest absolute Gasteiger partial charge is 0.237 e. The van der Waals surface area contributed by atoms with E-state index in [1.54, 1.807) is 18.8 Å². The SMILES string of the molecule is CNC(C)(CCCSc1cc(C)cc(C)n1)C(N)=O. The topological polar surface area (TPSA) is 68.0 Å². The van der Waals surface area contributed by atoms with Gasteiger partial charge in [-0.25, -0.2) is 4.98 Å². The number of primary amides is 1. The van der Waals surface area contributed by atoms with Crippen LogP contribution in [0.25, 0.3) is 0 Å². The van der Waals surface area contributed by atoms with E-state index in [1.165, 1.54) is 5.56 Å². The van der Waals surface area contributed by atoms with Crippen LogP contribution in [0.1, 0.15) is 31.0 Å². The summed E-state index contributed by atoms with van der Waals surface area (Å²) in [4.78, 5) is 15.8. The highest BCUT2D eigenvalue weighted by Gasteiger charge is 2.27. The Labute approximate surface area is 119 Å². The van der Waals surface area contributed by atoms with Crippen LogP contribution >= 0.6 is 11.8 Å². The standard InChI is InChI=1S/C14H23N3OS/c1-10-8-11(2)17-12(9-10)19-7-5-6-14(3,16-4)13(15)18/h8-9,16H,5-7H2,1-4H3,(H2,15,18). The number of carbonyl (C=O) groups is 1. The third-order valence-electron chi connectivity index (χ3n) is 3.24. The van der Waals surface area contributed by atoms with Gasteiger partial charge >= 0.3 is 0 Å². The number of nitrogens with zero attached hydrogens (tertiary/aromatic N) is 1. The van der Waals surface area contributed by atoms with Gasteiger partial charge in [-0.15, -0.1) is 11.8 Å². The predicted molar refractivity (Wildman–Crippen MR) is 80.3 cm³/mol. The second kappa shape index (κ2) is 6.91. The van der Waals surface area contributed by atoms with Gasteiger partial charge in [0, 0.05) is 5.69 Å². The predicted octanol–water partition coefficient (Wildman–Crippen LogP) is 2.03. The molecule has 1 rings (SSSR count). The van der Waals surface area contributed by atoms with Crippen LogP contribution in [0.4, 0.5) is 0 Å². The number of likely N-dealkylation sites (N-methyl/N-ethyl adjacent to an activating group) is 1. The number of hydrogen-bond donors (Lipinski definition) is 2. The molecule has 3 N–H and O–H groups in total. The molecule has 1 amide bonds. The molecule has 1 aromatic heterocycles. The van der Waals surface area contributed by atoms with E-state index in [-0.39, 0.29) is 5.91 Å². The Kier molecular flexibility index (Phi) is 5.82. The van der Waals surface area contributed by atoms with Crippen LogP contribution in [-0.2, 0) is 4.79 Å². The zero-order valence-corrected chi connectivity index (χ0v) is 12.9. The molecule has 1 aromatic rings. The summed E-state index contributed by atoms with van der Waals surface area (Å²) in [6.45, 7) is 5.92. The minimum Gasteiger partial charge on any atom is -0.368 e. The molecule has 1 atom stereocenters. The zero-order chi connectivity index (χ0) is 14.5. The van der Waals surface area contributed by atoms with E-state index >= 15 is 0 Å². The number of carbonyl (C=O) groups excluding carboxylic acids is 1. The first kappa shape index (κ1) is 16.0. The first-order valence-electron chi connectivity index (χ1n) is 6.44. The van der Waals surface area contributed by atoms with Gasteiger partial charge in [-0.1, -0.05) is 0 Å². The zero-order valence-electron chi connectivity index (χ0n) is 12.1. The number of rotatable bonds is 7. The van der Waals surface area contributed by atoms with E-state index in [0.717, 1.165) is 29.3 Å². The average Bonchev–Trinajstić information content (AvgIpc) is 2.33. The number of pyridine rings is 1. The lowest BCUT2D eigenvalue weighted by Gasteiger charge is -2.25. The monoisotopic (exact) mass is 281 g/mol. The summed E-state index contributed by atoms with van der Waals surface area (Å²) in [5.41, 5.74) is 7.05. The van der Waals surface area contributed by atoms with Crippen molar-refractivity contribution in [3.63, 3.8) is 0 Å². The van der Waals surface area contributed by atoms with Crippen LogP contribution in [0.5, 0.6) is 0 Å². The Morgan fingerprint density at radius 2 is 2.16 bits per heavy atom. The molecular formula is C14H23N3OS. The van der Waals surface area contributed by atoms with Crippen molar-refractivity contribution in [3.05, 3.63) is 23.4 Å². The number of aryl methyl sites for hydroxylation is 2. The Morgan fingerprint density at radius 3 is 2.68 bits per heavy atom. The van der Waals surface area contributed by atoms with Crippen LogP contribution in [0.15, 0.2) is 17.2 Å². The molecule has 4 nitrogen and oxygen atoms in total. The summed E-state index contributed by atoms with van der Waals surface area (Å²) in [5.74, 6) is 0.630. The van der Waals surface area contributed by atoms with Gasteiger partial charge < -0.3 is 11.1 Å². The largest absolute Gasteiger partial charge is 0.368 e. The lowest BCUT2D eigenvalue weighted by Crippen LogP contribution is -2.51. The van der Waals surface area contributed by atoms with Crippen molar-refractivity contribution < 1.29 is 4.79 Å².